The van der Waals surface area contributed by atoms with E-state index in [4.69, 9.17) is 9.47 Å². The molecule has 1 N–H and O–H groups in total. The van der Waals surface area contributed by atoms with Crippen molar-refractivity contribution < 1.29 is 27.5 Å². The van der Waals surface area contributed by atoms with Gasteiger partial charge < -0.3 is 19.7 Å². The lowest BCUT2D eigenvalue weighted by Crippen LogP contribution is -2.50. The Morgan fingerprint density at radius 2 is 1.67 bits per heavy atom. The van der Waals surface area contributed by atoms with Crippen LogP contribution in [-0.2, 0) is 32.6 Å². The average molecular weight is 608 g/mol. The van der Waals surface area contributed by atoms with Gasteiger partial charge in [0.25, 0.3) is 0 Å². The van der Waals surface area contributed by atoms with Crippen molar-refractivity contribution in [3.63, 3.8) is 0 Å². The van der Waals surface area contributed by atoms with Gasteiger partial charge in [-0.25, -0.2) is 8.42 Å². The fourth-order valence-electron chi connectivity index (χ4n) is 5.11. The zero-order valence-corrected chi connectivity index (χ0v) is 25.9. The summed E-state index contributed by atoms with van der Waals surface area (Å²) in [5, 5.41) is 3.03. The number of carbonyl (C=O) groups excluding carboxylic acids is 2. The first-order valence-electron chi connectivity index (χ1n) is 14.7. The summed E-state index contributed by atoms with van der Waals surface area (Å²) >= 11 is 0. The zero-order chi connectivity index (χ0) is 30.8. The molecule has 3 aromatic carbocycles. The monoisotopic (exact) mass is 607 g/mol. The normalized spacial score (nSPS) is 12.9. The third kappa shape index (κ3) is 8.97. The number of ether oxygens (including phenoxy) is 2. The van der Waals surface area contributed by atoms with Crippen LogP contribution in [0.4, 0.5) is 5.69 Å². The number of hydrogen-bond acceptors (Lipinski definition) is 6. The summed E-state index contributed by atoms with van der Waals surface area (Å²) in [6.45, 7) is 5.02. The molecule has 1 aliphatic heterocycles. The third-order valence-electron chi connectivity index (χ3n) is 7.33. The third-order valence-corrected chi connectivity index (χ3v) is 8.53. The Morgan fingerprint density at radius 3 is 2.40 bits per heavy atom. The second-order valence-corrected chi connectivity index (χ2v) is 12.7. The van der Waals surface area contributed by atoms with Gasteiger partial charge in [0.1, 0.15) is 6.04 Å². The molecule has 4 rings (SSSR count). The number of nitrogens with zero attached hydrogens (tertiary/aromatic N) is 2. The molecule has 0 aromatic heterocycles. The number of nitrogens with one attached hydrogen (secondary N) is 1. The number of amides is 2. The molecule has 0 radical (unpaired) electrons. The van der Waals surface area contributed by atoms with E-state index in [-0.39, 0.29) is 44.5 Å². The Hall–Kier alpha value is -4.05. The van der Waals surface area contributed by atoms with Crippen LogP contribution in [0.5, 0.6) is 11.5 Å². The molecule has 230 valence electrons. The summed E-state index contributed by atoms with van der Waals surface area (Å²) in [6, 6.07) is 21.8. The summed E-state index contributed by atoms with van der Waals surface area (Å²) < 4.78 is 37.5. The van der Waals surface area contributed by atoms with Crippen molar-refractivity contribution >= 4 is 27.5 Å². The molecule has 2 amide bonds. The largest absolute Gasteiger partial charge is 0.454 e. The van der Waals surface area contributed by atoms with Crippen LogP contribution in [-0.4, -0.2) is 57.3 Å². The van der Waals surface area contributed by atoms with Crippen LogP contribution in [0.3, 0.4) is 0 Å². The Balaban J connectivity index is 1.56. The van der Waals surface area contributed by atoms with E-state index in [1.165, 1.54) is 4.31 Å². The molecule has 0 saturated carbocycles. The Morgan fingerprint density at radius 1 is 0.930 bits per heavy atom. The van der Waals surface area contributed by atoms with E-state index in [0.717, 1.165) is 35.8 Å². The summed E-state index contributed by atoms with van der Waals surface area (Å²) in [5.74, 6) is 0.619. The van der Waals surface area contributed by atoms with Crippen molar-refractivity contribution in [2.75, 3.05) is 30.4 Å². The number of benzene rings is 3. The van der Waals surface area contributed by atoms with Crippen molar-refractivity contribution in [3.8, 4) is 11.5 Å². The van der Waals surface area contributed by atoms with Gasteiger partial charge in [0.15, 0.2) is 11.5 Å². The minimum atomic E-state index is -3.64. The number of sulfonamides is 1. The van der Waals surface area contributed by atoms with E-state index in [1.54, 1.807) is 23.1 Å². The molecule has 9 nitrogen and oxygen atoms in total. The number of carbonyl (C=O) groups is 2. The summed E-state index contributed by atoms with van der Waals surface area (Å²) in [7, 11) is -3.64. The van der Waals surface area contributed by atoms with Crippen LogP contribution in [0.1, 0.15) is 49.3 Å². The van der Waals surface area contributed by atoms with Crippen LogP contribution in [0, 0.1) is 6.92 Å². The lowest BCUT2D eigenvalue weighted by Gasteiger charge is -2.32. The van der Waals surface area contributed by atoms with Crippen LogP contribution >= 0.6 is 0 Å². The first-order chi connectivity index (χ1) is 20.7. The Labute approximate surface area is 254 Å². The minimum absolute atomic E-state index is 0.0654. The number of fused-ring (bicyclic) bond motifs is 1. The lowest BCUT2D eigenvalue weighted by atomic mass is 10.0. The maximum Gasteiger partial charge on any atom is 0.243 e. The fraction of sp³-hybridized carbons (Fsp3) is 0.394. The standard InChI is InChI=1S/C33H41N3O6S/c1-4-5-18-34-33(38)29(21-26-12-7-6-8-13-26)35(23-27-14-9-11-25(2)20-27)32(37)15-10-19-36(43(3,39)40)28-16-17-30-31(22-28)42-24-41-30/h6-9,11-14,16-17,20,22,29H,4-5,10,15,18-19,21,23-24H2,1-3H3,(H,34,38)/t29-/m0/s1. The summed E-state index contributed by atoms with van der Waals surface area (Å²) in [4.78, 5) is 29.2. The highest BCUT2D eigenvalue weighted by atomic mass is 32.2. The molecule has 0 fully saturated rings. The van der Waals surface area contributed by atoms with Crippen molar-refractivity contribution in [1.82, 2.24) is 10.2 Å². The summed E-state index contributed by atoms with van der Waals surface area (Å²) in [5.41, 5.74) is 3.37. The molecule has 0 unspecified atom stereocenters. The van der Waals surface area contributed by atoms with E-state index >= 15 is 0 Å². The van der Waals surface area contributed by atoms with Gasteiger partial charge in [-0.1, -0.05) is 73.5 Å². The molecular weight excluding hydrogens is 566 g/mol. The second-order valence-electron chi connectivity index (χ2n) is 10.8. The van der Waals surface area contributed by atoms with Gasteiger partial charge in [-0.15, -0.1) is 0 Å². The van der Waals surface area contributed by atoms with Gasteiger partial charge in [-0.3, -0.25) is 13.9 Å². The van der Waals surface area contributed by atoms with Crippen LogP contribution in [0.25, 0.3) is 0 Å². The molecule has 10 heteroatoms. The zero-order valence-electron chi connectivity index (χ0n) is 25.1. The van der Waals surface area contributed by atoms with Gasteiger partial charge in [0.2, 0.25) is 28.6 Å². The van der Waals surface area contributed by atoms with Crippen LogP contribution < -0.4 is 19.1 Å². The van der Waals surface area contributed by atoms with Gasteiger partial charge >= 0.3 is 0 Å². The van der Waals surface area contributed by atoms with Crippen molar-refractivity contribution in [1.29, 1.82) is 0 Å². The first kappa shape index (κ1) is 31.9. The van der Waals surface area contributed by atoms with Crippen LogP contribution in [0.2, 0.25) is 0 Å². The van der Waals surface area contributed by atoms with E-state index in [0.29, 0.717) is 30.2 Å². The van der Waals surface area contributed by atoms with Gasteiger partial charge in [0, 0.05) is 38.5 Å². The number of aryl methyl sites for hydroxylation is 1. The lowest BCUT2D eigenvalue weighted by molar-refractivity contribution is -0.141. The predicted octanol–water partition coefficient (Wildman–Crippen LogP) is 4.83. The SMILES string of the molecule is CCCCNC(=O)[C@H](Cc1ccccc1)N(Cc1cccc(C)c1)C(=O)CCCN(c1ccc2c(c1)OCO2)S(C)(=O)=O. The quantitative estimate of drug-likeness (QED) is 0.248. The fourth-order valence-corrected chi connectivity index (χ4v) is 6.07. The van der Waals surface area contributed by atoms with Gasteiger partial charge in [0.05, 0.1) is 11.9 Å². The van der Waals surface area contributed by atoms with Gasteiger partial charge in [-0.05, 0) is 43.0 Å². The summed E-state index contributed by atoms with van der Waals surface area (Å²) in [6.07, 6.45) is 3.62. The molecule has 1 aliphatic rings. The molecule has 0 spiro atoms. The van der Waals surface area contributed by atoms with Crippen molar-refractivity contribution in [2.45, 2.75) is 58.5 Å². The second kappa shape index (κ2) is 14.9. The number of hydrogen-bond donors (Lipinski definition) is 1. The molecule has 0 bridgehead atoms. The van der Waals surface area contributed by atoms with Crippen molar-refractivity contribution in [2.24, 2.45) is 0 Å². The van der Waals surface area contributed by atoms with E-state index in [2.05, 4.69) is 12.2 Å². The molecule has 1 atom stereocenters. The highest BCUT2D eigenvalue weighted by Gasteiger charge is 2.30. The van der Waals surface area contributed by atoms with Crippen LogP contribution in [0.15, 0.2) is 72.8 Å². The molecule has 0 aliphatic carbocycles. The molecule has 43 heavy (non-hydrogen) atoms. The topological polar surface area (TPSA) is 105 Å². The number of unbranched alkanes of at least 4 members (excludes halogenated alkanes) is 1. The first-order valence-corrected chi connectivity index (χ1v) is 16.5. The highest BCUT2D eigenvalue weighted by Crippen LogP contribution is 2.36. The molecule has 1 heterocycles. The molecular formula is C33H41N3O6S. The highest BCUT2D eigenvalue weighted by molar-refractivity contribution is 7.92. The molecule has 3 aromatic rings. The molecule has 0 saturated heterocycles. The predicted molar refractivity (Wildman–Crippen MR) is 168 cm³/mol. The van der Waals surface area contributed by atoms with E-state index in [9.17, 15) is 18.0 Å². The minimum Gasteiger partial charge on any atom is -0.454 e. The maximum atomic E-state index is 14.0. The average Bonchev–Trinajstić information content (AvgIpc) is 3.45. The van der Waals surface area contributed by atoms with Gasteiger partial charge in [-0.2, -0.15) is 0 Å². The number of rotatable bonds is 15. The Kier molecular flexibility index (Phi) is 11.1. The van der Waals surface area contributed by atoms with E-state index < -0.39 is 16.1 Å². The number of anilines is 1. The van der Waals surface area contributed by atoms with E-state index in [1.807, 2.05) is 61.5 Å². The smallest absolute Gasteiger partial charge is 0.243 e. The van der Waals surface area contributed by atoms with Crippen molar-refractivity contribution in [3.05, 3.63) is 89.5 Å². The Bertz CT molecular complexity index is 1500. The maximum absolute atomic E-state index is 14.0.